The predicted octanol–water partition coefficient (Wildman–Crippen LogP) is 2.77. The Hall–Kier alpha value is -2.11. The molecule has 1 aromatic carbocycles. The van der Waals surface area contributed by atoms with Crippen LogP contribution >= 0.6 is 0 Å². The highest BCUT2D eigenvalue weighted by Crippen LogP contribution is 2.27. The SMILES string of the molecule is C[C@@H]1CN(C(=O)c2ccccc2)O[C@H](c2ccoc2)O1. The molecule has 5 nitrogen and oxygen atoms in total. The maximum atomic E-state index is 12.4. The Bertz CT molecular complexity index is 567. The lowest BCUT2D eigenvalue weighted by molar-refractivity contribution is -0.320. The van der Waals surface area contributed by atoms with Gasteiger partial charge in [-0.15, -0.1) is 0 Å². The van der Waals surface area contributed by atoms with Gasteiger partial charge in [0.1, 0.15) is 0 Å². The van der Waals surface area contributed by atoms with Crippen molar-refractivity contribution in [3.63, 3.8) is 0 Å². The van der Waals surface area contributed by atoms with Crippen LogP contribution in [0.3, 0.4) is 0 Å². The molecule has 5 heteroatoms. The number of nitrogens with zero attached hydrogens (tertiary/aromatic N) is 1. The number of hydroxylamine groups is 2. The Morgan fingerprint density at radius 1 is 1.25 bits per heavy atom. The van der Waals surface area contributed by atoms with E-state index in [2.05, 4.69) is 0 Å². The normalized spacial score (nSPS) is 22.8. The van der Waals surface area contributed by atoms with Gasteiger partial charge >= 0.3 is 0 Å². The summed E-state index contributed by atoms with van der Waals surface area (Å²) in [6, 6.07) is 10.8. The highest BCUT2D eigenvalue weighted by molar-refractivity contribution is 5.93. The highest BCUT2D eigenvalue weighted by Gasteiger charge is 2.31. The van der Waals surface area contributed by atoms with E-state index in [1.54, 1.807) is 30.7 Å². The number of furan rings is 1. The molecular formula is C15H15NO4. The van der Waals surface area contributed by atoms with E-state index >= 15 is 0 Å². The summed E-state index contributed by atoms with van der Waals surface area (Å²) in [5, 5.41) is 1.35. The molecule has 0 aliphatic carbocycles. The Labute approximate surface area is 116 Å². The molecule has 1 aliphatic rings. The van der Waals surface area contributed by atoms with Crippen molar-refractivity contribution in [1.29, 1.82) is 0 Å². The lowest BCUT2D eigenvalue weighted by Crippen LogP contribution is -2.44. The summed E-state index contributed by atoms with van der Waals surface area (Å²) in [4.78, 5) is 18.0. The fraction of sp³-hybridized carbons (Fsp3) is 0.267. The third kappa shape index (κ3) is 2.59. The summed E-state index contributed by atoms with van der Waals surface area (Å²) in [7, 11) is 0. The van der Waals surface area contributed by atoms with Crippen LogP contribution in [0.25, 0.3) is 0 Å². The van der Waals surface area contributed by atoms with Gasteiger partial charge in [-0.25, -0.2) is 9.90 Å². The second kappa shape index (κ2) is 5.48. The van der Waals surface area contributed by atoms with Crippen LogP contribution in [0.1, 0.15) is 29.1 Å². The van der Waals surface area contributed by atoms with Gasteiger partial charge < -0.3 is 9.15 Å². The molecule has 1 aliphatic heterocycles. The zero-order valence-corrected chi connectivity index (χ0v) is 11.1. The molecule has 0 spiro atoms. The first-order valence-corrected chi connectivity index (χ1v) is 6.45. The number of ether oxygens (including phenoxy) is 1. The molecule has 0 unspecified atom stereocenters. The lowest BCUT2D eigenvalue weighted by Gasteiger charge is -2.35. The van der Waals surface area contributed by atoms with Crippen LogP contribution < -0.4 is 0 Å². The largest absolute Gasteiger partial charge is 0.472 e. The third-order valence-electron chi connectivity index (χ3n) is 3.06. The first-order chi connectivity index (χ1) is 9.74. The number of hydrogen-bond donors (Lipinski definition) is 0. The summed E-state index contributed by atoms with van der Waals surface area (Å²) in [6.07, 6.45) is 2.36. The standard InChI is InChI=1S/C15H15NO4/c1-11-9-16(14(17)12-5-3-2-4-6-12)20-15(19-11)13-7-8-18-10-13/h2-8,10-11,15H,9H2,1H3/t11-,15-/m1/s1. The zero-order valence-electron chi connectivity index (χ0n) is 11.1. The summed E-state index contributed by atoms with van der Waals surface area (Å²) in [5.41, 5.74) is 1.34. The van der Waals surface area contributed by atoms with Crippen molar-refractivity contribution in [1.82, 2.24) is 5.06 Å². The number of amides is 1. The first kappa shape index (κ1) is 12.9. The van der Waals surface area contributed by atoms with E-state index in [1.165, 1.54) is 5.06 Å². The van der Waals surface area contributed by atoms with Crippen molar-refractivity contribution >= 4 is 5.91 Å². The third-order valence-corrected chi connectivity index (χ3v) is 3.06. The van der Waals surface area contributed by atoms with E-state index in [-0.39, 0.29) is 12.0 Å². The molecule has 0 saturated carbocycles. The van der Waals surface area contributed by atoms with Gasteiger partial charge in [0.25, 0.3) is 5.91 Å². The van der Waals surface area contributed by atoms with Crippen molar-refractivity contribution < 1.29 is 18.8 Å². The van der Waals surface area contributed by atoms with Crippen molar-refractivity contribution in [2.45, 2.75) is 19.3 Å². The van der Waals surface area contributed by atoms with E-state index in [0.29, 0.717) is 12.1 Å². The topological polar surface area (TPSA) is 51.9 Å². The van der Waals surface area contributed by atoms with E-state index < -0.39 is 6.29 Å². The van der Waals surface area contributed by atoms with Crippen LogP contribution in [0.15, 0.2) is 53.3 Å². The van der Waals surface area contributed by atoms with E-state index in [9.17, 15) is 4.79 Å². The molecule has 104 valence electrons. The molecular weight excluding hydrogens is 258 g/mol. The van der Waals surface area contributed by atoms with Gasteiger partial charge in [0.05, 0.1) is 25.2 Å². The molecule has 2 heterocycles. The molecule has 1 saturated heterocycles. The number of hydrogen-bond acceptors (Lipinski definition) is 4. The first-order valence-electron chi connectivity index (χ1n) is 6.45. The van der Waals surface area contributed by atoms with Crippen LogP contribution in [0, 0.1) is 0 Å². The van der Waals surface area contributed by atoms with Crippen LogP contribution in [-0.4, -0.2) is 23.6 Å². The fourth-order valence-electron chi connectivity index (χ4n) is 2.08. The molecule has 2 aromatic rings. The van der Waals surface area contributed by atoms with Gasteiger partial charge in [-0.3, -0.25) is 4.79 Å². The minimum atomic E-state index is -0.620. The molecule has 0 N–H and O–H groups in total. The smallest absolute Gasteiger partial charge is 0.277 e. The molecule has 1 amide bonds. The molecule has 1 fully saturated rings. The van der Waals surface area contributed by atoms with Crippen LogP contribution in [0.2, 0.25) is 0 Å². The monoisotopic (exact) mass is 273 g/mol. The minimum Gasteiger partial charge on any atom is -0.472 e. The lowest BCUT2D eigenvalue weighted by atomic mass is 10.2. The molecule has 0 bridgehead atoms. The van der Waals surface area contributed by atoms with Crippen molar-refractivity contribution in [3.05, 3.63) is 60.1 Å². The molecule has 3 rings (SSSR count). The summed E-state index contributed by atoms with van der Waals surface area (Å²) >= 11 is 0. The average Bonchev–Trinajstić information content (AvgIpc) is 3.01. The number of benzene rings is 1. The van der Waals surface area contributed by atoms with Gasteiger partial charge in [0.15, 0.2) is 0 Å². The second-order valence-electron chi connectivity index (χ2n) is 4.67. The van der Waals surface area contributed by atoms with Gasteiger partial charge in [-0.2, -0.15) is 0 Å². The average molecular weight is 273 g/mol. The Morgan fingerprint density at radius 2 is 2.05 bits per heavy atom. The van der Waals surface area contributed by atoms with Crippen LogP contribution in [0.4, 0.5) is 0 Å². The summed E-state index contributed by atoms with van der Waals surface area (Å²) in [6.45, 7) is 2.29. The van der Waals surface area contributed by atoms with Gasteiger partial charge in [-0.05, 0) is 25.1 Å². The number of carbonyl (C=O) groups is 1. The Kier molecular flexibility index (Phi) is 3.54. The van der Waals surface area contributed by atoms with E-state index in [4.69, 9.17) is 14.0 Å². The molecule has 20 heavy (non-hydrogen) atoms. The van der Waals surface area contributed by atoms with Crippen LogP contribution in [-0.2, 0) is 9.57 Å². The molecule has 1 aromatic heterocycles. The van der Waals surface area contributed by atoms with Crippen molar-refractivity contribution in [2.24, 2.45) is 0 Å². The van der Waals surface area contributed by atoms with E-state index in [0.717, 1.165) is 5.56 Å². The van der Waals surface area contributed by atoms with E-state index in [1.807, 2.05) is 25.1 Å². The zero-order chi connectivity index (χ0) is 13.9. The maximum Gasteiger partial charge on any atom is 0.277 e. The molecule has 2 atom stereocenters. The summed E-state index contributed by atoms with van der Waals surface area (Å²) in [5.74, 6) is -0.172. The minimum absolute atomic E-state index is 0.115. The maximum absolute atomic E-state index is 12.4. The van der Waals surface area contributed by atoms with Crippen LogP contribution in [0.5, 0.6) is 0 Å². The van der Waals surface area contributed by atoms with Gasteiger partial charge in [-0.1, -0.05) is 18.2 Å². The number of rotatable bonds is 2. The summed E-state index contributed by atoms with van der Waals surface area (Å²) < 4.78 is 10.7. The fourth-order valence-corrected chi connectivity index (χ4v) is 2.08. The predicted molar refractivity (Wildman–Crippen MR) is 70.6 cm³/mol. The Balaban J connectivity index is 1.78. The second-order valence-corrected chi connectivity index (χ2v) is 4.67. The number of carbonyl (C=O) groups excluding carboxylic acids is 1. The highest BCUT2D eigenvalue weighted by atomic mass is 16.8. The van der Waals surface area contributed by atoms with Crippen molar-refractivity contribution in [3.8, 4) is 0 Å². The Morgan fingerprint density at radius 3 is 2.75 bits per heavy atom. The van der Waals surface area contributed by atoms with Gasteiger partial charge in [0.2, 0.25) is 6.29 Å². The van der Waals surface area contributed by atoms with Gasteiger partial charge in [0, 0.05) is 11.1 Å². The van der Waals surface area contributed by atoms with Crippen molar-refractivity contribution in [2.75, 3.05) is 6.54 Å². The quantitative estimate of drug-likeness (QED) is 0.844. The molecule has 0 radical (unpaired) electrons.